The van der Waals surface area contributed by atoms with E-state index in [1.54, 1.807) is 11.9 Å². The molecule has 2 atom stereocenters. The number of carbonyl (C=O) groups excluding carboxylic acids is 1. The van der Waals surface area contributed by atoms with Crippen LogP contribution in [0.4, 0.5) is 4.79 Å². The molecule has 114 valence electrons. The summed E-state index contributed by atoms with van der Waals surface area (Å²) in [5, 5.41) is 21.8. The van der Waals surface area contributed by atoms with Gasteiger partial charge < -0.3 is 20.4 Å². The van der Waals surface area contributed by atoms with Gasteiger partial charge in [0, 0.05) is 7.05 Å². The number of aliphatic hydroxyl groups is 1. The van der Waals surface area contributed by atoms with Gasteiger partial charge in [0.25, 0.3) is 0 Å². The summed E-state index contributed by atoms with van der Waals surface area (Å²) in [6, 6.07) is -0.428. The second-order valence-electron chi connectivity index (χ2n) is 6.16. The number of amides is 2. The van der Waals surface area contributed by atoms with Crippen LogP contribution in [0.1, 0.15) is 51.4 Å². The molecule has 2 rings (SSSR count). The Morgan fingerprint density at radius 3 is 2.40 bits per heavy atom. The van der Waals surface area contributed by atoms with Gasteiger partial charge in [-0.3, -0.25) is 4.79 Å². The minimum absolute atomic E-state index is 0.0280. The third-order valence-corrected chi connectivity index (χ3v) is 4.68. The third kappa shape index (κ3) is 3.23. The zero-order valence-electron chi connectivity index (χ0n) is 12.0. The van der Waals surface area contributed by atoms with Crippen LogP contribution in [0.15, 0.2) is 0 Å². The second-order valence-corrected chi connectivity index (χ2v) is 6.16. The van der Waals surface area contributed by atoms with Gasteiger partial charge in [0.15, 0.2) is 0 Å². The smallest absolute Gasteiger partial charge is 0.317 e. The van der Waals surface area contributed by atoms with Gasteiger partial charge in [0.1, 0.15) is 0 Å². The maximum atomic E-state index is 12.3. The van der Waals surface area contributed by atoms with E-state index in [1.165, 1.54) is 0 Å². The van der Waals surface area contributed by atoms with Crippen molar-refractivity contribution in [3.8, 4) is 0 Å². The molecule has 2 saturated carbocycles. The first-order chi connectivity index (χ1) is 9.43. The maximum absolute atomic E-state index is 12.3. The number of hydrogen-bond donors (Lipinski definition) is 3. The quantitative estimate of drug-likeness (QED) is 0.726. The molecule has 3 N–H and O–H groups in total. The fraction of sp³-hybridized carbons (Fsp3) is 0.857. The number of aliphatic carboxylic acids is 1. The molecule has 0 aromatic carbocycles. The molecule has 2 unspecified atom stereocenters. The van der Waals surface area contributed by atoms with Crippen LogP contribution in [0.3, 0.4) is 0 Å². The molecule has 6 nitrogen and oxygen atoms in total. The molecular formula is C14H24N2O4. The van der Waals surface area contributed by atoms with Gasteiger partial charge >= 0.3 is 12.0 Å². The van der Waals surface area contributed by atoms with E-state index in [-0.39, 0.29) is 18.5 Å². The molecule has 0 heterocycles. The average molecular weight is 284 g/mol. The minimum Gasteiger partial charge on any atom is -0.481 e. The summed E-state index contributed by atoms with van der Waals surface area (Å²) in [5.74, 6) is -0.884. The number of aliphatic hydroxyl groups excluding tert-OH is 1. The molecule has 0 aromatic heterocycles. The van der Waals surface area contributed by atoms with Gasteiger partial charge in [-0.2, -0.15) is 0 Å². The lowest BCUT2D eigenvalue weighted by Crippen LogP contribution is -2.60. The molecule has 0 aromatic rings. The maximum Gasteiger partial charge on any atom is 0.317 e. The summed E-state index contributed by atoms with van der Waals surface area (Å²) in [4.78, 5) is 24.7. The Labute approximate surface area is 119 Å². The summed E-state index contributed by atoms with van der Waals surface area (Å²) >= 11 is 0. The van der Waals surface area contributed by atoms with E-state index in [0.717, 1.165) is 32.1 Å². The van der Waals surface area contributed by atoms with Crippen molar-refractivity contribution in [1.29, 1.82) is 0 Å². The van der Waals surface area contributed by atoms with E-state index in [4.69, 9.17) is 5.11 Å². The van der Waals surface area contributed by atoms with Crippen molar-refractivity contribution < 1.29 is 19.8 Å². The molecule has 2 amide bonds. The van der Waals surface area contributed by atoms with Crippen LogP contribution in [-0.4, -0.2) is 51.8 Å². The van der Waals surface area contributed by atoms with E-state index in [2.05, 4.69) is 5.32 Å². The molecule has 6 heteroatoms. The fourth-order valence-electron chi connectivity index (χ4n) is 3.25. The molecule has 20 heavy (non-hydrogen) atoms. The fourth-order valence-corrected chi connectivity index (χ4v) is 3.25. The molecule has 0 spiro atoms. The van der Waals surface area contributed by atoms with E-state index in [0.29, 0.717) is 12.8 Å². The summed E-state index contributed by atoms with van der Waals surface area (Å²) in [6.07, 6.45) is 5.41. The largest absolute Gasteiger partial charge is 0.481 e. The Morgan fingerprint density at radius 2 is 1.90 bits per heavy atom. The first-order valence-corrected chi connectivity index (χ1v) is 7.38. The Morgan fingerprint density at radius 1 is 1.25 bits per heavy atom. The number of urea groups is 1. The number of hydrogen-bond acceptors (Lipinski definition) is 3. The summed E-state index contributed by atoms with van der Waals surface area (Å²) in [7, 11) is 1.68. The minimum atomic E-state index is -0.884. The molecule has 2 aliphatic rings. The average Bonchev–Trinajstić information content (AvgIpc) is 2.35. The number of carboxylic acid groups (broad SMARTS) is 1. The standard InChI is InChI=1S/C14H24N2O4/c1-16(10-5-2-3-6-11(10)17)13(20)15-14(7-4-8-14)9-12(18)19/h10-11,17H,2-9H2,1H3,(H,15,20)(H,18,19). The summed E-state index contributed by atoms with van der Waals surface area (Å²) < 4.78 is 0. The van der Waals surface area contributed by atoms with Crippen molar-refractivity contribution in [2.24, 2.45) is 0 Å². The van der Waals surface area contributed by atoms with Crippen LogP contribution in [-0.2, 0) is 4.79 Å². The molecule has 0 saturated heterocycles. The Kier molecular flexibility index (Phi) is 4.52. The van der Waals surface area contributed by atoms with Crippen LogP contribution in [0, 0.1) is 0 Å². The Balaban J connectivity index is 1.94. The van der Waals surface area contributed by atoms with E-state index in [1.807, 2.05) is 0 Å². The van der Waals surface area contributed by atoms with Gasteiger partial charge in [-0.25, -0.2) is 4.79 Å². The molecule has 2 aliphatic carbocycles. The van der Waals surface area contributed by atoms with Crippen LogP contribution >= 0.6 is 0 Å². The number of rotatable bonds is 4. The van der Waals surface area contributed by atoms with Crippen LogP contribution in [0.25, 0.3) is 0 Å². The highest BCUT2D eigenvalue weighted by Crippen LogP contribution is 2.35. The lowest BCUT2D eigenvalue weighted by molar-refractivity contribution is -0.139. The highest BCUT2D eigenvalue weighted by molar-refractivity contribution is 5.77. The third-order valence-electron chi connectivity index (χ3n) is 4.68. The molecule has 2 fully saturated rings. The van der Waals surface area contributed by atoms with Crippen molar-refractivity contribution >= 4 is 12.0 Å². The molecule has 0 aliphatic heterocycles. The first kappa shape index (κ1) is 15.1. The van der Waals surface area contributed by atoms with Crippen molar-refractivity contribution in [3.63, 3.8) is 0 Å². The van der Waals surface area contributed by atoms with Gasteiger partial charge in [0.05, 0.1) is 24.1 Å². The van der Waals surface area contributed by atoms with Crippen molar-refractivity contribution in [3.05, 3.63) is 0 Å². The monoisotopic (exact) mass is 284 g/mol. The lowest BCUT2D eigenvalue weighted by Gasteiger charge is -2.44. The van der Waals surface area contributed by atoms with E-state index < -0.39 is 17.6 Å². The normalized spacial score (nSPS) is 28.3. The van der Waals surface area contributed by atoms with Gasteiger partial charge in [-0.15, -0.1) is 0 Å². The van der Waals surface area contributed by atoms with Gasteiger partial charge in [0.2, 0.25) is 0 Å². The van der Waals surface area contributed by atoms with Crippen molar-refractivity contribution in [2.45, 2.75) is 69.1 Å². The predicted molar refractivity (Wildman–Crippen MR) is 73.4 cm³/mol. The van der Waals surface area contributed by atoms with Crippen LogP contribution in [0.2, 0.25) is 0 Å². The zero-order valence-corrected chi connectivity index (χ0v) is 12.0. The van der Waals surface area contributed by atoms with Crippen molar-refractivity contribution in [2.75, 3.05) is 7.05 Å². The zero-order chi connectivity index (χ0) is 14.8. The number of nitrogens with one attached hydrogen (secondary N) is 1. The lowest BCUT2D eigenvalue weighted by atomic mass is 9.74. The second kappa shape index (κ2) is 5.99. The van der Waals surface area contributed by atoms with E-state index >= 15 is 0 Å². The number of carboxylic acids is 1. The summed E-state index contributed by atoms with van der Waals surface area (Å²) in [6.45, 7) is 0. The Bertz CT molecular complexity index is 381. The predicted octanol–water partition coefficient (Wildman–Crippen LogP) is 1.33. The molecule has 0 bridgehead atoms. The van der Waals surface area contributed by atoms with Crippen LogP contribution in [0.5, 0.6) is 0 Å². The Hall–Kier alpha value is -1.30. The van der Waals surface area contributed by atoms with Gasteiger partial charge in [-0.05, 0) is 32.1 Å². The van der Waals surface area contributed by atoms with E-state index in [9.17, 15) is 14.7 Å². The molecular weight excluding hydrogens is 260 g/mol. The number of likely N-dealkylation sites (N-methyl/N-ethyl adjacent to an activating group) is 1. The highest BCUT2D eigenvalue weighted by atomic mass is 16.4. The topological polar surface area (TPSA) is 89.9 Å². The summed E-state index contributed by atoms with van der Waals surface area (Å²) in [5.41, 5.74) is -0.587. The SMILES string of the molecule is CN(C(=O)NC1(CC(=O)O)CCC1)C1CCCCC1O. The highest BCUT2D eigenvalue weighted by Gasteiger charge is 2.42. The number of nitrogens with zero attached hydrogens (tertiary/aromatic N) is 1. The van der Waals surface area contributed by atoms with Crippen LogP contribution < -0.4 is 5.32 Å². The molecule has 0 radical (unpaired) electrons. The van der Waals surface area contributed by atoms with Gasteiger partial charge in [-0.1, -0.05) is 12.8 Å². The first-order valence-electron chi connectivity index (χ1n) is 7.38. The van der Waals surface area contributed by atoms with Crippen molar-refractivity contribution in [1.82, 2.24) is 10.2 Å². The number of carbonyl (C=O) groups is 2.